The highest BCUT2D eigenvalue weighted by molar-refractivity contribution is 5.55. The highest BCUT2D eigenvalue weighted by Crippen LogP contribution is 2.48. The molecule has 1 aliphatic heterocycles. The Balaban J connectivity index is 1.43. The van der Waals surface area contributed by atoms with Crippen LogP contribution in [-0.4, -0.2) is 29.5 Å². The van der Waals surface area contributed by atoms with Crippen LogP contribution in [0.1, 0.15) is 74.1 Å². The van der Waals surface area contributed by atoms with Gasteiger partial charge in [0.2, 0.25) is 0 Å². The van der Waals surface area contributed by atoms with Crippen LogP contribution >= 0.6 is 0 Å². The van der Waals surface area contributed by atoms with Gasteiger partial charge >= 0.3 is 0 Å². The third kappa shape index (κ3) is 4.22. The lowest BCUT2D eigenvalue weighted by Gasteiger charge is -2.40. The van der Waals surface area contributed by atoms with Gasteiger partial charge in [-0.15, -0.1) is 0 Å². The quantitative estimate of drug-likeness (QED) is 0.668. The number of anilines is 1. The Morgan fingerprint density at radius 3 is 2.48 bits per heavy atom. The molecule has 2 heterocycles. The molecule has 2 aliphatic carbocycles. The number of phenolic OH excluding ortho intramolecular Hbond substituents is 1. The number of hydrogen-bond donors (Lipinski definition) is 1. The molecule has 0 bridgehead atoms. The number of benzene rings is 1. The van der Waals surface area contributed by atoms with Crippen molar-refractivity contribution in [2.24, 2.45) is 17.8 Å². The number of carbonyl (C=O) groups is 1. The zero-order valence-corrected chi connectivity index (χ0v) is 18.4. The van der Waals surface area contributed by atoms with Gasteiger partial charge in [-0.2, -0.15) is 0 Å². The van der Waals surface area contributed by atoms with Gasteiger partial charge in [-0.25, -0.2) is 0 Å². The Labute approximate surface area is 185 Å². The number of aryl methyl sites for hydroxylation is 1. The van der Waals surface area contributed by atoms with Crippen LogP contribution in [0.5, 0.6) is 5.75 Å². The number of rotatable bonds is 4. The normalized spacial score (nSPS) is 25.2. The van der Waals surface area contributed by atoms with Crippen LogP contribution in [0.15, 0.2) is 36.5 Å². The number of hydrogen-bond acceptors (Lipinski definition) is 4. The number of carbonyl (C=O) groups excluding carboxylic acids is 1. The van der Waals surface area contributed by atoms with Crippen molar-refractivity contribution >= 4 is 12.0 Å². The Hall–Kier alpha value is -2.36. The van der Waals surface area contributed by atoms with Crippen molar-refractivity contribution in [2.45, 2.75) is 63.7 Å². The van der Waals surface area contributed by atoms with Crippen LogP contribution in [0.25, 0.3) is 0 Å². The van der Waals surface area contributed by atoms with E-state index in [4.69, 9.17) is 4.98 Å². The summed E-state index contributed by atoms with van der Waals surface area (Å²) >= 11 is 0. The molecule has 31 heavy (non-hydrogen) atoms. The van der Waals surface area contributed by atoms with Gasteiger partial charge in [-0.1, -0.05) is 38.2 Å². The number of aromatic hydroxyl groups is 1. The second-order valence-electron chi connectivity index (χ2n) is 9.86. The molecule has 0 unspecified atom stereocenters. The molecule has 0 spiro atoms. The fourth-order valence-electron chi connectivity index (χ4n) is 6.34. The fourth-order valence-corrected chi connectivity index (χ4v) is 6.34. The minimum absolute atomic E-state index is 0.217. The molecule has 2 atom stereocenters. The van der Waals surface area contributed by atoms with E-state index in [0.29, 0.717) is 17.6 Å². The largest absolute Gasteiger partial charge is 0.508 e. The lowest BCUT2D eigenvalue weighted by atomic mass is 9.65. The van der Waals surface area contributed by atoms with Crippen molar-refractivity contribution in [3.63, 3.8) is 0 Å². The minimum Gasteiger partial charge on any atom is -0.508 e. The van der Waals surface area contributed by atoms with Crippen LogP contribution in [0.2, 0.25) is 0 Å². The highest BCUT2D eigenvalue weighted by atomic mass is 16.3. The van der Waals surface area contributed by atoms with Gasteiger partial charge in [0.05, 0.1) is 11.9 Å². The van der Waals surface area contributed by atoms with Gasteiger partial charge in [0.1, 0.15) is 12.0 Å². The van der Waals surface area contributed by atoms with Gasteiger partial charge in [0.15, 0.2) is 0 Å². The highest BCUT2D eigenvalue weighted by Gasteiger charge is 2.37. The molecule has 1 aromatic heterocycles. The number of pyridine rings is 1. The maximum absolute atomic E-state index is 11.1. The van der Waals surface area contributed by atoms with Gasteiger partial charge in [0.25, 0.3) is 0 Å². The van der Waals surface area contributed by atoms with Crippen LogP contribution < -0.4 is 4.90 Å². The molecule has 1 saturated heterocycles. The molecule has 164 valence electrons. The molecule has 5 rings (SSSR count). The Kier molecular flexibility index (Phi) is 5.97. The third-order valence-corrected chi connectivity index (χ3v) is 8.08. The summed E-state index contributed by atoms with van der Waals surface area (Å²) in [6.07, 6.45) is 14.1. The molecule has 0 amide bonds. The predicted octanol–water partition coefficient (Wildman–Crippen LogP) is 5.48. The summed E-state index contributed by atoms with van der Waals surface area (Å²) < 4.78 is 0. The molecular formula is C27H34N2O2. The molecule has 3 aliphatic rings. The smallest absolute Gasteiger partial charge is 0.123 e. The standard InChI is InChI=1S/C27H34N2O2/c30-18-19-12-14-29(15-13-19)22-7-11-26(28-17-22)27-24(20-4-2-1-3-5-20)9-6-21-16-23(31)8-10-25(21)27/h7-8,10-11,16-20,24,27,31H,1-6,9,12-15H2/t24-,27+/m0/s1. The summed E-state index contributed by atoms with van der Waals surface area (Å²) in [7, 11) is 0. The predicted molar refractivity (Wildman–Crippen MR) is 124 cm³/mol. The molecule has 4 heteroatoms. The van der Waals surface area contributed by atoms with Gasteiger partial charge in [-0.3, -0.25) is 4.98 Å². The second-order valence-corrected chi connectivity index (χ2v) is 9.86. The average molecular weight is 419 g/mol. The van der Waals surface area contributed by atoms with Gasteiger partial charge in [0, 0.05) is 30.6 Å². The molecule has 2 fully saturated rings. The van der Waals surface area contributed by atoms with Crippen molar-refractivity contribution in [1.82, 2.24) is 4.98 Å². The van der Waals surface area contributed by atoms with Gasteiger partial charge < -0.3 is 14.8 Å². The van der Waals surface area contributed by atoms with E-state index in [1.165, 1.54) is 61.0 Å². The fraction of sp³-hybridized carbons (Fsp3) is 0.556. The number of aldehydes is 1. The number of phenols is 1. The molecule has 1 aromatic carbocycles. The SMILES string of the molecule is O=CC1CCN(c2ccc([C@H]3c4ccc(O)cc4CC[C@H]3C3CCCCC3)nc2)CC1. The maximum Gasteiger partial charge on any atom is 0.123 e. The molecule has 2 aromatic rings. The van der Waals surface area contributed by atoms with Crippen molar-refractivity contribution in [3.05, 3.63) is 53.3 Å². The van der Waals surface area contributed by atoms with Crippen LogP contribution in [-0.2, 0) is 11.2 Å². The molecule has 0 radical (unpaired) electrons. The second kappa shape index (κ2) is 9.02. The first-order chi connectivity index (χ1) is 15.2. The van der Waals surface area contributed by atoms with Crippen molar-refractivity contribution in [3.8, 4) is 5.75 Å². The summed E-state index contributed by atoms with van der Waals surface area (Å²) in [6, 6.07) is 10.4. The van der Waals surface area contributed by atoms with Crippen molar-refractivity contribution in [1.29, 1.82) is 0 Å². The summed E-state index contributed by atoms with van der Waals surface area (Å²) in [6.45, 7) is 1.86. The lowest BCUT2D eigenvalue weighted by Crippen LogP contribution is -2.34. The molecule has 4 nitrogen and oxygen atoms in total. The number of nitrogens with zero attached hydrogens (tertiary/aromatic N) is 2. The van der Waals surface area contributed by atoms with Crippen LogP contribution in [0, 0.1) is 17.8 Å². The van der Waals surface area contributed by atoms with E-state index in [2.05, 4.69) is 23.1 Å². The van der Waals surface area contributed by atoms with E-state index in [1.54, 1.807) is 0 Å². The first-order valence-corrected chi connectivity index (χ1v) is 12.2. The number of piperidine rings is 1. The van der Waals surface area contributed by atoms with Gasteiger partial charge in [-0.05, 0) is 72.9 Å². The summed E-state index contributed by atoms with van der Waals surface area (Å²) in [5.41, 5.74) is 5.00. The Morgan fingerprint density at radius 2 is 1.77 bits per heavy atom. The zero-order valence-electron chi connectivity index (χ0n) is 18.4. The molecule has 1 saturated carbocycles. The first kappa shape index (κ1) is 20.5. The van der Waals surface area contributed by atoms with Crippen LogP contribution in [0.3, 0.4) is 0 Å². The van der Waals surface area contributed by atoms with Crippen molar-refractivity contribution < 1.29 is 9.90 Å². The van der Waals surface area contributed by atoms with E-state index in [0.717, 1.165) is 44.6 Å². The first-order valence-electron chi connectivity index (χ1n) is 12.2. The zero-order chi connectivity index (χ0) is 21.2. The number of aromatic nitrogens is 1. The van der Waals surface area contributed by atoms with Crippen molar-refractivity contribution in [2.75, 3.05) is 18.0 Å². The molecule has 1 N–H and O–H groups in total. The minimum atomic E-state index is 0.217. The topological polar surface area (TPSA) is 53.4 Å². The Morgan fingerprint density at radius 1 is 0.968 bits per heavy atom. The van der Waals surface area contributed by atoms with E-state index < -0.39 is 0 Å². The average Bonchev–Trinajstić information content (AvgIpc) is 2.84. The monoisotopic (exact) mass is 418 g/mol. The maximum atomic E-state index is 11.1. The molecular weight excluding hydrogens is 384 g/mol. The Bertz CT molecular complexity index is 896. The number of fused-ring (bicyclic) bond motifs is 1. The van der Waals surface area contributed by atoms with Crippen LogP contribution in [0.4, 0.5) is 5.69 Å². The summed E-state index contributed by atoms with van der Waals surface area (Å²) in [5.74, 6) is 2.33. The third-order valence-electron chi connectivity index (χ3n) is 8.08. The van der Waals surface area contributed by atoms with E-state index in [-0.39, 0.29) is 5.92 Å². The lowest BCUT2D eigenvalue weighted by molar-refractivity contribution is -0.111. The van der Waals surface area contributed by atoms with E-state index >= 15 is 0 Å². The van der Waals surface area contributed by atoms with E-state index in [1.807, 2.05) is 18.3 Å². The summed E-state index contributed by atoms with van der Waals surface area (Å²) in [5, 5.41) is 10.0. The van der Waals surface area contributed by atoms with E-state index in [9.17, 15) is 9.90 Å². The summed E-state index contributed by atoms with van der Waals surface area (Å²) in [4.78, 5) is 18.4.